The van der Waals surface area contributed by atoms with E-state index in [1.807, 2.05) is 0 Å². The fourth-order valence-corrected chi connectivity index (χ4v) is 3.78. The first-order valence-corrected chi connectivity index (χ1v) is 7.44. The van der Waals surface area contributed by atoms with E-state index in [1.165, 1.54) is 44.9 Å². The number of rotatable bonds is 4. The van der Waals surface area contributed by atoms with Crippen molar-refractivity contribution < 1.29 is 4.74 Å². The van der Waals surface area contributed by atoms with Gasteiger partial charge in [-0.05, 0) is 43.9 Å². The van der Waals surface area contributed by atoms with Crippen molar-refractivity contribution in [2.24, 2.45) is 11.8 Å². The zero-order chi connectivity index (χ0) is 10.7. The Morgan fingerprint density at radius 3 is 2.67 bits per heavy atom. The second kappa shape index (κ2) is 5.67. The van der Waals surface area contributed by atoms with Gasteiger partial charge in [-0.1, -0.05) is 35.7 Å². The van der Waals surface area contributed by atoms with Crippen LogP contribution in [0.1, 0.15) is 51.9 Å². The van der Waals surface area contributed by atoms with Gasteiger partial charge in [0, 0.05) is 11.4 Å². The first kappa shape index (κ1) is 11.9. The number of halogens is 1. The molecule has 1 saturated heterocycles. The molecule has 1 nitrogen and oxygen atoms in total. The molecular weight excluding hydrogens is 252 g/mol. The maximum Gasteiger partial charge on any atom is 0.0576 e. The van der Waals surface area contributed by atoms with Gasteiger partial charge in [0.25, 0.3) is 0 Å². The summed E-state index contributed by atoms with van der Waals surface area (Å²) in [5, 5.41) is 0. The van der Waals surface area contributed by atoms with Crippen LogP contribution in [0, 0.1) is 11.8 Å². The summed E-state index contributed by atoms with van der Waals surface area (Å²) < 4.78 is 5.66. The minimum absolute atomic E-state index is 0.599. The number of hydrogen-bond acceptors (Lipinski definition) is 1. The highest BCUT2D eigenvalue weighted by atomic mass is 79.9. The Morgan fingerprint density at radius 2 is 2.07 bits per heavy atom. The summed E-state index contributed by atoms with van der Waals surface area (Å²) in [5.41, 5.74) is 0. The van der Waals surface area contributed by atoms with E-state index in [4.69, 9.17) is 4.74 Å². The molecule has 0 aromatic heterocycles. The maximum atomic E-state index is 5.66. The average Bonchev–Trinajstić information content (AvgIpc) is 2.83. The first-order chi connectivity index (χ1) is 7.27. The smallest absolute Gasteiger partial charge is 0.0576 e. The molecule has 0 radical (unpaired) electrons. The molecule has 2 rings (SSSR count). The maximum absolute atomic E-state index is 5.66. The highest BCUT2D eigenvalue weighted by Crippen LogP contribution is 2.39. The van der Waals surface area contributed by atoms with Gasteiger partial charge >= 0.3 is 0 Å². The van der Waals surface area contributed by atoms with Crippen molar-refractivity contribution in [3.8, 4) is 0 Å². The number of alkyl halides is 1. The lowest BCUT2D eigenvalue weighted by Gasteiger charge is -2.18. The van der Waals surface area contributed by atoms with E-state index in [9.17, 15) is 0 Å². The van der Waals surface area contributed by atoms with Gasteiger partial charge in [-0.3, -0.25) is 0 Å². The lowest BCUT2D eigenvalue weighted by atomic mass is 9.92. The zero-order valence-corrected chi connectivity index (χ0v) is 11.3. The van der Waals surface area contributed by atoms with Gasteiger partial charge in [-0.2, -0.15) is 0 Å². The van der Waals surface area contributed by atoms with Crippen LogP contribution < -0.4 is 0 Å². The van der Waals surface area contributed by atoms with Crippen molar-refractivity contribution >= 4 is 15.9 Å². The first-order valence-electron chi connectivity index (χ1n) is 6.53. The van der Waals surface area contributed by atoms with Crippen molar-refractivity contribution in [3.63, 3.8) is 0 Å². The minimum Gasteiger partial charge on any atom is -0.378 e. The van der Waals surface area contributed by atoms with E-state index in [0.29, 0.717) is 6.10 Å². The molecule has 4 atom stereocenters. The topological polar surface area (TPSA) is 9.23 Å². The van der Waals surface area contributed by atoms with Crippen molar-refractivity contribution in [2.45, 2.75) is 62.8 Å². The van der Waals surface area contributed by atoms with Crippen LogP contribution in [0.5, 0.6) is 0 Å². The van der Waals surface area contributed by atoms with Crippen molar-refractivity contribution in [3.05, 3.63) is 0 Å². The third kappa shape index (κ3) is 3.20. The van der Waals surface area contributed by atoms with E-state index in [0.717, 1.165) is 23.3 Å². The van der Waals surface area contributed by atoms with Crippen molar-refractivity contribution in [2.75, 3.05) is 6.61 Å². The summed E-state index contributed by atoms with van der Waals surface area (Å²) in [7, 11) is 0. The van der Waals surface area contributed by atoms with Gasteiger partial charge in [0.15, 0.2) is 0 Å². The van der Waals surface area contributed by atoms with Gasteiger partial charge in [0.1, 0.15) is 0 Å². The van der Waals surface area contributed by atoms with Gasteiger partial charge in [0.2, 0.25) is 0 Å². The minimum atomic E-state index is 0.599. The van der Waals surface area contributed by atoms with E-state index < -0.39 is 0 Å². The predicted molar refractivity (Wildman–Crippen MR) is 67.4 cm³/mol. The molecule has 0 aromatic carbocycles. The summed E-state index contributed by atoms with van der Waals surface area (Å²) in [6.07, 6.45) is 10.1. The standard InChI is InChI=1S/C13H23BrO/c1-10-11(7-8-13(10)14)4-2-5-12-6-3-9-15-12/h10-13H,2-9H2,1H3. The highest BCUT2D eigenvalue weighted by molar-refractivity contribution is 9.09. The molecule has 88 valence electrons. The molecule has 15 heavy (non-hydrogen) atoms. The molecule has 1 aliphatic carbocycles. The summed E-state index contributed by atoms with van der Waals surface area (Å²) in [4.78, 5) is 0.783. The average molecular weight is 275 g/mol. The Balaban J connectivity index is 1.61. The fraction of sp³-hybridized carbons (Fsp3) is 1.00. The summed E-state index contributed by atoms with van der Waals surface area (Å²) >= 11 is 3.78. The molecule has 0 N–H and O–H groups in total. The van der Waals surface area contributed by atoms with Crippen molar-refractivity contribution in [1.82, 2.24) is 0 Å². The Morgan fingerprint density at radius 1 is 1.20 bits per heavy atom. The van der Waals surface area contributed by atoms with Crippen LogP contribution in [0.2, 0.25) is 0 Å². The predicted octanol–water partition coefficient (Wildman–Crippen LogP) is 4.15. The zero-order valence-electron chi connectivity index (χ0n) is 9.75. The molecule has 2 fully saturated rings. The van der Waals surface area contributed by atoms with Crippen LogP contribution in [0.25, 0.3) is 0 Å². The monoisotopic (exact) mass is 274 g/mol. The molecule has 1 saturated carbocycles. The van der Waals surface area contributed by atoms with E-state index >= 15 is 0 Å². The quantitative estimate of drug-likeness (QED) is 0.700. The molecule has 0 spiro atoms. The van der Waals surface area contributed by atoms with Gasteiger partial charge in [0.05, 0.1) is 6.10 Å². The Kier molecular flexibility index (Phi) is 4.51. The third-order valence-electron chi connectivity index (χ3n) is 4.25. The Hall–Kier alpha value is 0.440. The summed E-state index contributed by atoms with van der Waals surface area (Å²) in [5.74, 6) is 1.85. The van der Waals surface area contributed by atoms with Gasteiger partial charge in [-0.25, -0.2) is 0 Å². The van der Waals surface area contributed by atoms with Gasteiger partial charge in [-0.15, -0.1) is 0 Å². The summed E-state index contributed by atoms with van der Waals surface area (Å²) in [6.45, 7) is 3.41. The SMILES string of the molecule is CC1C(Br)CCC1CCCC1CCCO1. The molecule has 2 heteroatoms. The molecule has 0 bridgehead atoms. The largest absolute Gasteiger partial charge is 0.378 e. The molecule has 4 unspecified atom stereocenters. The Bertz CT molecular complexity index is 189. The number of ether oxygens (including phenoxy) is 1. The van der Waals surface area contributed by atoms with E-state index in [-0.39, 0.29) is 0 Å². The van der Waals surface area contributed by atoms with Crippen LogP contribution in [0.3, 0.4) is 0 Å². The Labute approximate surface area is 102 Å². The highest BCUT2D eigenvalue weighted by Gasteiger charge is 2.30. The molecule has 0 amide bonds. The normalized spacial score (nSPS) is 41.2. The van der Waals surface area contributed by atoms with E-state index in [2.05, 4.69) is 22.9 Å². The summed E-state index contributed by atoms with van der Waals surface area (Å²) in [6, 6.07) is 0. The van der Waals surface area contributed by atoms with Crippen LogP contribution in [0.4, 0.5) is 0 Å². The van der Waals surface area contributed by atoms with Crippen LogP contribution in [-0.4, -0.2) is 17.5 Å². The molecular formula is C13H23BrO. The van der Waals surface area contributed by atoms with Crippen LogP contribution in [-0.2, 0) is 4.74 Å². The van der Waals surface area contributed by atoms with Crippen molar-refractivity contribution in [1.29, 1.82) is 0 Å². The molecule has 2 aliphatic rings. The molecule has 1 aliphatic heterocycles. The van der Waals surface area contributed by atoms with Crippen LogP contribution in [0.15, 0.2) is 0 Å². The molecule has 1 heterocycles. The number of hydrogen-bond donors (Lipinski definition) is 0. The fourth-order valence-electron chi connectivity index (χ4n) is 3.08. The third-order valence-corrected chi connectivity index (χ3v) is 5.54. The molecule has 0 aromatic rings. The lowest BCUT2D eigenvalue weighted by molar-refractivity contribution is 0.100. The second-order valence-electron chi connectivity index (χ2n) is 5.28. The second-order valence-corrected chi connectivity index (χ2v) is 6.45. The van der Waals surface area contributed by atoms with E-state index in [1.54, 1.807) is 0 Å². The van der Waals surface area contributed by atoms with Gasteiger partial charge < -0.3 is 4.74 Å². The lowest BCUT2D eigenvalue weighted by Crippen LogP contribution is -2.12. The van der Waals surface area contributed by atoms with Crippen LogP contribution >= 0.6 is 15.9 Å².